The van der Waals surface area contributed by atoms with E-state index >= 15 is 0 Å². The summed E-state index contributed by atoms with van der Waals surface area (Å²) in [5.74, 6) is 1.19. The van der Waals surface area contributed by atoms with Crippen LogP contribution in [-0.2, 0) is 0 Å². The summed E-state index contributed by atoms with van der Waals surface area (Å²) in [6, 6.07) is 5.61. The molecule has 0 radical (unpaired) electrons. The summed E-state index contributed by atoms with van der Waals surface area (Å²) < 4.78 is 0. The number of hydrogen-bond acceptors (Lipinski definition) is 5. The van der Waals surface area contributed by atoms with Crippen molar-refractivity contribution in [3.8, 4) is 0 Å². The first-order chi connectivity index (χ1) is 9.76. The van der Waals surface area contributed by atoms with E-state index in [1.807, 2.05) is 45.9 Å². The number of rotatable bonds is 3. The van der Waals surface area contributed by atoms with E-state index in [0.29, 0.717) is 22.3 Å². The fraction of sp³-hybridized carbons (Fsp3) is 0.333. The summed E-state index contributed by atoms with van der Waals surface area (Å²) in [5.41, 5.74) is 8.43. The first-order valence-electron chi connectivity index (χ1n) is 6.68. The fourth-order valence-corrected chi connectivity index (χ4v) is 2.07. The van der Waals surface area contributed by atoms with Crippen molar-refractivity contribution in [2.75, 3.05) is 16.4 Å². The average molecular weight is 306 g/mol. The quantitative estimate of drug-likeness (QED) is 0.800. The number of aryl methyl sites for hydroxylation is 1. The molecule has 1 aromatic carbocycles. The summed E-state index contributed by atoms with van der Waals surface area (Å²) in [4.78, 5) is 8.40. The summed E-state index contributed by atoms with van der Waals surface area (Å²) in [7, 11) is 0. The maximum atomic E-state index is 6.14. The van der Waals surface area contributed by atoms with Gasteiger partial charge in [0.05, 0.1) is 0 Å². The minimum Gasteiger partial charge on any atom is -0.393 e. The number of halogens is 1. The highest BCUT2D eigenvalue weighted by Crippen LogP contribution is 2.29. The molecule has 5 nitrogen and oxygen atoms in total. The standard InChI is InChI=1S/C15H20ClN5/c1-9-7-10(16)5-6-11(9)20-13-12(17)14(19-8-18-13)21-15(2,3)4/h5-8H,17H2,1-4H3,(H2,18,19,20,21). The highest BCUT2D eigenvalue weighted by atomic mass is 35.5. The zero-order valence-corrected chi connectivity index (χ0v) is 13.4. The largest absolute Gasteiger partial charge is 0.393 e. The molecular weight excluding hydrogens is 286 g/mol. The van der Waals surface area contributed by atoms with Crippen LogP contribution >= 0.6 is 11.6 Å². The van der Waals surface area contributed by atoms with Gasteiger partial charge in [-0.2, -0.15) is 0 Å². The van der Waals surface area contributed by atoms with Crippen molar-refractivity contribution < 1.29 is 0 Å². The lowest BCUT2D eigenvalue weighted by Crippen LogP contribution is -2.27. The highest BCUT2D eigenvalue weighted by Gasteiger charge is 2.15. The van der Waals surface area contributed by atoms with E-state index in [2.05, 4.69) is 20.6 Å². The zero-order chi connectivity index (χ0) is 15.6. The van der Waals surface area contributed by atoms with Crippen LogP contribution in [-0.4, -0.2) is 15.5 Å². The Morgan fingerprint density at radius 1 is 1.14 bits per heavy atom. The van der Waals surface area contributed by atoms with Crippen LogP contribution < -0.4 is 16.4 Å². The number of nitrogens with zero attached hydrogens (tertiary/aromatic N) is 2. The smallest absolute Gasteiger partial charge is 0.159 e. The van der Waals surface area contributed by atoms with Crippen LogP contribution in [0.5, 0.6) is 0 Å². The predicted molar refractivity (Wildman–Crippen MR) is 89.3 cm³/mol. The fourth-order valence-electron chi connectivity index (χ4n) is 1.84. The van der Waals surface area contributed by atoms with Gasteiger partial charge in [0.1, 0.15) is 12.0 Å². The molecular formula is C15H20ClN5. The minimum atomic E-state index is -0.129. The number of nitrogens with two attached hydrogens (primary N) is 1. The molecule has 1 aromatic heterocycles. The number of nitrogens with one attached hydrogen (secondary N) is 2. The van der Waals surface area contributed by atoms with Crippen LogP contribution in [0, 0.1) is 6.92 Å². The third-order valence-electron chi connectivity index (χ3n) is 2.82. The van der Waals surface area contributed by atoms with Crippen LogP contribution in [0.25, 0.3) is 0 Å². The number of anilines is 4. The molecule has 6 heteroatoms. The molecule has 0 spiro atoms. The Hall–Kier alpha value is -2.01. The third kappa shape index (κ3) is 3.98. The Bertz CT molecular complexity index is 649. The molecule has 0 aliphatic heterocycles. The van der Waals surface area contributed by atoms with E-state index in [1.54, 1.807) is 0 Å². The molecule has 0 bridgehead atoms. The Balaban J connectivity index is 2.30. The Labute approximate surface area is 129 Å². The maximum absolute atomic E-state index is 6.14. The first-order valence-corrected chi connectivity index (χ1v) is 7.06. The molecule has 0 atom stereocenters. The molecule has 0 unspecified atom stereocenters. The van der Waals surface area contributed by atoms with E-state index < -0.39 is 0 Å². The van der Waals surface area contributed by atoms with E-state index in [4.69, 9.17) is 17.3 Å². The van der Waals surface area contributed by atoms with Crippen molar-refractivity contribution in [3.05, 3.63) is 35.1 Å². The molecule has 4 N–H and O–H groups in total. The van der Waals surface area contributed by atoms with Crippen molar-refractivity contribution >= 4 is 34.6 Å². The highest BCUT2D eigenvalue weighted by molar-refractivity contribution is 6.30. The predicted octanol–water partition coefficient (Wildman–Crippen LogP) is 3.97. The maximum Gasteiger partial charge on any atom is 0.159 e. The third-order valence-corrected chi connectivity index (χ3v) is 3.05. The van der Waals surface area contributed by atoms with Gasteiger partial charge in [0.15, 0.2) is 11.6 Å². The molecule has 0 saturated carbocycles. The Morgan fingerprint density at radius 2 is 1.81 bits per heavy atom. The van der Waals surface area contributed by atoms with Crippen LogP contribution in [0.2, 0.25) is 5.02 Å². The van der Waals surface area contributed by atoms with Gasteiger partial charge in [0.2, 0.25) is 0 Å². The van der Waals surface area contributed by atoms with Gasteiger partial charge < -0.3 is 16.4 Å². The second kappa shape index (κ2) is 5.77. The Kier molecular flexibility index (Phi) is 4.23. The van der Waals surface area contributed by atoms with Crippen molar-refractivity contribution in [2.24, 2.45) is 0 Å². The van der Waals surface area contributed by atoms with E-state index in [9.17, 15) is 0 Å². The second-order valence-corrected chi connectivity index (χ2v) is 6.38. The first kappa shape index (κ1) is 15.4. The van der Waals surface area contributed by atoms with Gasteiger partial charge in [-0.15, -0.1) is 0 Å². The van der Waals surface area contributed by atoms with Gasteiger partial charge in [-0.25, -0.2) is 9.97 Å². The summed E-state index contributed by atoms with van der Waals surface area (Å²) in [5, 5.41) is 7.18. The molecule has 112 valence electrons. The van der Waals surface area contributed by atoms with Crippen LogP contribution in [0.3, 0.4) is 0 Å². The summed E-state index contributed by atoms with van der Waals surface area (Å²) >= 11 is 5.96. The second-order valence-electron chi connectivity index (χ2n) is 5.94. The number of aromatic nitrogens is 2. The van der Waals surface area contributed by atoms with Crippen molar-refractivity contribution in [1.82, 2.24) is 9.97 Å². The number of hydrogen-bond donors (Lipinski definition) is 3. The van der Waals surface area contributed by atoms with Gasteiger partial charge in [-0.1, -0.05) is 11.6 Å². The molecule has 0 aliphatic rings. The molecule has 0 saturated heterocycles. The molecule has 2 aromatic rings. The van der Waals surface area contributed by atoms with Crippen LogP contribution in [0.15, 0.2) is 24.5 Å². The lowest BCUT2D eigenvalue weighted by atomic mass is 10.1. The monoisotopic (exact) mass is 305 g/mol. The molecule has 0 aliphatic carbocycles. The van der Waals surface area contributed by atoms with Gasteiger partial charge in [-0.05, 0) is 51.5 Å². The van der Waals surface area contributed by atoms with Crippen LogP contribution in [0.4, 0.5) is 23.0 Å². The zero-order valence-electron chi connectivity index (χ0n) is 12.7. The average Bonchev–Trinajstić information content (AvgIpc) is 2.35. The van der Waals surface area contributed by atoms with Gasteiger partial charge in [0.25, 0.3) is 0 Å². The van der Waals surface area contributed by atoms with Gasteiger partial charge in [-0.3, -0.25) is 0 Å². The van der Waals surface area contributed by atoms with Gasteiger partial charge >= 0.3 is 0 Å². The molecule has 2 rings (SSSR count). The molecule has 0 fully saturated rings. The molecule has 0 amide bonds. The van der Waals surface area contributed by atoms with E-state index in [1.165, 1.54) is 6.33 Å². The lowest BCUT2D eigenvalue weighted by molar-refractivity contribution is 0.630. The normalized spacial score (nSPS) is 11.3. The number of nitrogen functional groups attached to an aromatic ring is 1. The minimum absolute atomic E-state index is 0.129. The van der Waals surface area contributed by atoms with Crippen LogP contribution in [0.1, 0.15) is 26.3 Å². The summed E-state index contributed by atoms with van der Waals surface area (Å²) in [6.45, 7) is 8.11. The van der Waals surface area contributed by atoms with Crippen molar-refractivity contribution in [1.29, 1.82) is 0 Å². The summed E-state index contributed by atoms with van der Waals surface area (Å²) in [6.07, 6.45) is 1.48. The van der Waals surface area contributed by atoms with E-state index in [0.717, 1.165) is 11.3 Å². The topological polar surface area (TPSA) is 75.9 Å². The van der Waals surface area contributed by atoms with Gasteiger partial charge in [0, 0.05) is 16.2 Å². The number of benzene rings is 1. The van der Waals surface area contributed by atoms with Crippen molar-refractivity contribution in [3.63, 3.8) is 0 Å². The SMILES string of the molecule is Cc1cc(Cl)ccc1Nc1ncnc(NC(C)(C)C)c1N. The van der Waals surface area contributed by atoms with E-state index in [-0.39, 0.29) is 5.54 Å². The molecule has 21 heavy (non-hydrogen) atoms. The van der Waals surface area contributed by atoms with Crippen molar-refractivity contribution in [2.45, 2.75) is 33.2 Å². The lowest BCUT2D eigenvalue weighted by Gasteiger charge is -2.23. The molecule has 1 heterocycles. The Morgan fingerprint density at radius 3 is 2.43 bits per heavy atom.